The number of para-hydroxylation sites is 1. The van der Waals surface area contributed by atoms with Crippen LogP contribution in [0.3, 0.4) is 0 Å². The lowest BCUT2D eigenvalue weighted by Gasteiger charge is -2.32. The van der Waals surface area contributed by atoms with E-state index in [-0.39, 0.29) is 5.75 Å². The molecular weight excluding hydrogens is 366 g/mol. The van der Waals surface area contributed by atoms with Crippen molar-refractivity contribution in [2.45, 2.75) is 32.6 Å². The minimum absolute atomic E-state index is 0.131. The van der Waals surface area contributed by atoms with E-state index in [4.69, 9.17) is 9.97 Å². The summed E-state index contributed by atoms with van der Waals surface area (Å²) in [7, 11) is 0. The molecular formula is C23H25N3O3. The van der Waals surface area contributed by atoms with Gasteiger partial charge in [-0.15, -0.1) is 0 Å². The van der Waals surface area contributed by atoms with Gasteiger partial charge in [-0.1, -0.05) is 35.9 Å². The number of carbonyl (C=O) groups is 1. The number of carboxylic acid groups (broad SMARTS) is 1. The lowest BCUT2D eigenvalue weighted by atomic mass is 9.98. The van der Waals surface area contributed by atoms with Crippen LogP contribution in [0.5, 0.6) is 5.75 Å². The molecule has 1 atom stereocenters. The summed E-state index contributed by atoms with van der Waals surface area (Å²) in [5.74, 6) is 0.181. The molecule has 2 aliphatic rings. The van der Waals surface area contributed by atoms with Crippen molar-refractivity contribution in [3.63, 3.8) is 0 Å². The highest BCUT2D eigenvalue weighted by Crippen LogP contribution is 2.27. The number of fused-ring (bicyclic) bond motifs is 1. The molecule has 150 valence electrons. The first-order valence-electron chi connectivity index (χ1n) is 10.0. The van der Waals surface area contributed by atoms with Crippen LogP contribution in [0.4, 0.5) is 5.82 Å². The Bertz CT molecular complexity index is 1090. The van der Waals surface area contributed by atoms with Gasteiger partial charge in [0.15, 0.2) is 5.82 Å². The zero-order valence-electron chi connectivity index (χ0n) is 16.5. The average molecular weight is 391 g/mol. The van der Waals surface area contributed by atoms with E-state index in [0.29, 0.717) is 24.4 Å². The second-order valence-corrected chi connectivity index (χ2v) is 7.71. The van der Waals surface area contributed by atoms with E-state index in [9.17, 15) is 15.0 Å². The Morgan fingerprint density at radius 1 is 1.17 bits per heavy atom. The minimum Gasteiger partial charge on any atom is -0.507 e. The van der Waals surface area contributed by atoms with Gasteiger partial charge in [-0.05, 0) is 44.7 Å². The monoisotopic (exact) mass is 391 g/mol. The zero-order valence-corrected chi connectivity index (χ0v) is 16.5. The van der Waals surface area contributed by atoms with E-state index < -0.39 is 11.9 Å². The number of carboxylic acids is 1. The molecule has 1 aromatic heterocycles. The highest BCUT2D eigenvalue weighted by atomic mass is 16.4. The van der Waals surface area contributed by atoms with Crippen LogP contribution in [0.25, 0.3) is 23.5 Å². The van der Waals surface area contributed by atoms with Gasteiger partial charge in [0.05, 0.1) is 16.8 Å². The maximum Gasteiger partial charge on any atom is 0.308 e. The van der Waals surface area contributed by atoms with Crippen molar-refractivity contribution in [1.82, 2.24) is 9.97 Å². The molecule has 0 amide bonds. The number of allylic oxidation sites excluding steroid dienone is 2. The summed E-state index contributed by atoms with van der Waals surface area (Å²) in [5, 5.41) is 21.6. The number of phenolic OH excluding ortho intramolecular Hbond substituents is 1. The van der Waals surface area contributed by atoms with Crippen LogP contribution in [0, 0.1) is 5.92 Å². The number of piperidine rings is 1. The predicted molar refractivity (Wildman–Crippen MR) is 113 cm³/mol. The molecule has 6 heteroatoms. The molecule has 0 saturated carbocycles. The third-order valence-electron chi connectivity index (χ3n) is 5.58. The van der Waals surface area contributed by atoms with Crippen LogP contribution < -0.4 is 15.5 Å². The number of aromatic hydroxyl groups is 1. The Morgan fingerprint density at radius 2 is 2.00 bits per heavy atom. The molecule has 1 unspecified atom stereocenters. The average Bonchev–Trinajstić information content (AvgIpc) is 2.71. The van der Waals surface area contributed by atoms with Crippen molar-refractivity contribution in [3.05, 3.63) is 46.5 Å². The molecule has 2 heterocycles. The SMILES string of the molecule is C/C1=C/C/C=c2/c(N3CCCC(C(=O)O)C3)nc(-c3ccccc3O)nc2=CC1. The molecule has 0 spiro atoms. The first-order valence-corrected chi connectivity index (χ1v) is 10.0. The summed E-state index contributed by atoms with van der Waals surface area (Å²) in [6.45, 7) is 3.29. The molecule has 0 bridgehead atoms. The molecule has 1 aromatic carbocycles. The molecule has 1 aliphatic carbocycles. The number of rotatable bonds is 3. The molecule has 1 saturated heterocycles. The van der Waals surface area contributed by atoms with Crippen LogP contribution in [0.15, 0.2) is 35.9 Å². The predicted octanol–water partition coefficient (Wildman–Crippen LogP) is 2.45. The van der Waals surface area contributed by atoms with Crippen LogP contribution >= 0.6 is 0 Å². The topological polar surface area (TPSA) is 86.6 Å². The summed E-state index contributed by atoms with van der Waals surface area (Å²) < 4.78 is 0. The largest absolute Gasteiger partial charge is 0.507 e. The van der Waals surface area contributed by atoms with Crippen LogP contribution in [0.1, 0.15) is 32.6 Å². The fraction of sp³-hybridized carbons (Fsp3) is 0.348. The number of nitrogens with zero attached hydrogens (tertiary/aromatic N) is 3. The van der Waals surface area contributed by atoms with Crippen molar-refractivity contribution in [3.8, 4) is 17.1 Å². The van der Waals surface area contributed by atoms with Gasteiger partial charge < -0.3 is 15.1 Å². The van der Waals surface area contributed by atoms with Gasteiger partial charge in [-0.25, -0.2) is 9.97 Å². The van der Waals surface area contributed by atoms with Gasteiger partial charge in [0.2, 0.25) is 0 Å². The summed E-state index contributed by atoms with van der Waals surface area (Å²) >= 11 is 0. The van der Waals surface area contributed by atoms with Crippen LogP contribution in [0.2, 0.25) is 0 Å². The minimum atomic E-state index is -0.762. The van der Waals surface area contributed by atoms with E-state index >= 15 is 0 Å². The lowest BCUT2D eigenvalue weighted by Crippen LogP contribution is -2.45. The number of anilines is 1. The van der Waals surface area contributed by atoms with Crippen LogP contribution in [-0.2, 0) is 4.79 Å². The van der Waals surface area contributed by atoms with E-state index in [1.807, 2.05) is 6.07 Å². The summed E-state index contributed by atoms with van der Waals surface area (Å²) in [6, 6.07) is 7.04. The van der Waals surface area contributed by atoms with Gasteiger partial charge in [0.25, 0.3) is 0 Å². The molecule has 0 radical (unpaired) electrons. The third kappa shape index (κ3) is 4.01. The van der Waals surface area contributed by atoms with Crippen molar-refractivity contribution < 1.29 is 15.0 Å². The first-order chi connectivity index (χ1) is 14.0. The quantitative estimate of drug-likeness (QED) is 0.782. The molecule has 6 nitrogen and oxygen atoms in total. The van der Waals surface area contributed by atoms with Gasteiger partial charge in [-0.2, -0.15) is 0 Å². The fourth-order valence-electron chi connectivity index (χ4n) is 3.94. The molecule has 1 aliphatic heterocycles. The molecule has 29 heavy (non-hydrogen) atoms. The van der Waals surface area contributed by atoms with E-state index in [2.05, 4.69) is 30.1 Å². The maximum atomic E-state index is 11.6. The number of aromatic nitrogens is 2. The highest BCUT2D eigenvalue weighted by Gasteiger charge is 2.27. The van der Waals surface area contributed by atoms with E-state index in [1.54, 1.807) is 18.2 Å². The van der Waals surface area contributed by atoms with Gasteiger partial charge in [0, 0.05) is 18.3 Å². The standard InChI is InChI=1S/C23H25N3O3/c1-15-6-4-9-17-19(12-11-15)24-21(18-8-2-3-10-20(18)27)25-22(17)26-13-5-7-16(14-26)23(28)29/h2-3,6,8-10,12,16,27H,4-5,7,11,13-14H2,1H3,(H,28,29)/b15-6-,17-9+,19-12?. The highest BCUT2D eigenvalue weighted by molar-refractivity contribution is 5.71. The Morgan fingerprint density at radius 3 is 2.79 bits per heavy atom. The Kier molecular flexibility index (Phi) is 5.34. The maximum absolute atomic E-state index is 11.6. The summed E-state index contributed by atoms with van der Waals surface area (Å²) in [6.07, 6.45) is 9.47. The Labute approximate surface area is 169 Å². The fourth-order valence-corrected chi connectivity index (χ4v) is 3.94. The second kappa shape index (κ2) is 8.07. The summed E-state index contributed by atoms with van der Waals surface area (Å²) in [5.41, 5.74) is 1.85. The number of hydrogen-bond donors (Lipinski definition) is 2. The Balaban J connectivity index is 1.90. The van der Waals surface area contributed by atoms with Crippen molar-refractivity contribution in [1.29, 1.82) is 0 Å². The molecule has 4 rings (SSSR count). The number of phenols is 1. The summed E-state index contributed by atoms with van der Waals surface area (Å²) in [4.78, 5) is 23.2. The van der Waals surface area contributed by atoms with Gasteiger partial charge in [0.1, 0.15) is 11.6 Å². The molecule has 1 fully saturated rings. The van der Waals surface area contributed by atoms with Crippen molar-refractivity contribution >= 4 is 23.9 Å². The second-order valence-electron chi connectivity index (χ2n) is 7.71. The van der Waals surface area contributed by atoms with Crippen molar-refractivity contribution in [2.24, 2.45) is 5.92 Å². The zero-order chi connectivity index (χ0) is 20.4. The number of hydrogen-bond acceptors (Lipinski definition) is 5. The van der Waals surface area contributed by atoms with E-state index in [0.717, 1.165) is 42.2 Å². The lowest BCUT2D eigenvalue weighted by molar-refractivity contribution is -0.141. The van der Waals surface area contributed by atoms with E-state index in [1.165, 1.54) is 5.57 Å². The Hall–Kier alpha value is -3.15. The normalized spacial score (nSPS) is 22.1. The van der Waals surface area contributed by atoms with Crippen LogP contribution in [-0.4, -0.2) is 39.2 Å². The molecule has 2 N–H and O–H groups in total. The first kappa shape index (κ1) is 19.2. The van der Waals surface area contributed by atoms with Gasteiger partial charge >= 0.3 is 5.97 Å². The third-order valence-corrected chi connectivity index (χ3v) is 5.58. The number of benzene rings is 1. The van der Waals surface area contributed by atoms with Crippen molar-refractivity contribution in [2.75, 3.05) is 18.0 Å². The number of aliphatic carboxylic acids is 1. The van der Waals surface area contributed by atoms with Gasteiger partial charge in [-0.3, -0.25) is 4.79 Å². The molecule has 2 aromatic rings. The smallest absolute Gasteiger partial charge is 0.308 e.